The molecule has 1 unspecified atom stereocenters. The summed E-state index contributed by atoms with van der Waals surface area (Å²) in [5.41, 5.74) is 0.0868. The molecule has 2 aromatic rings. The van der Waals surface area contributed by atoms with Crippen molar-refractivity contribution in [1.29, 1.82) is 0 Å². The van der Waals surface area contributed by atoms with Gasteiger partial charge in [-0.2, -0.15) is 0 Å². The molecule has 124 valence electrons. The Labute approximate surface area is 137 Å². The van der Waals surface area contributed by atoms with Gasteiger partial charge in [-0.1, -0.05) is 26.0 Å². The van der Waals surface area contributed by atoms with Gasteiger partial charge in [0.2, 0.25) is 10.0 Å². The number of piperidine rings is 1. The molecule has 0 amide bonds. The molecular formula is C17H23N3O2S. The van der Waals surface area contributed by atoms with E-state index in [1.165, 1.54) is 0 Å². The van der Waals surface area contributed by atoms with Gasteiger partial charge in [0.05, 0.1) is 4.90 Å². The first kappa shape index (κ1) is 16.4. The lowest BCUT2D eigenvalue weighted by Crippen LogP contribution is -2.52. The van der Waals surface area contributed by atoms with Gasteiger partial charge in [0.15, 0.2) is 0 Å². The van der Waals surface area contributed by atoms with Crippen molar-refractivity contribution in [1.82, 2.24) is 15.0 Å². The molecule has 1 aromatic heterocycles. The quantitative estimate of drug-likeness (QED) is 0.900. The molecule has 0 aliphatic carbocycles. The number of fused-ring (bicyclic) bond motifs is 1. The molecule has 2 N–H and O–H groups in total. The Morgan fingerprint density at radius 2 is 2.17 bits per heavy atom. The summed E-state index contributed by atoms with van der Waals surface area (Å²) < 4.78 is 28.3. The second kappa shape index (κ2) is 6.19. The molecule has 23 heavy (non-hydrogen) atoms. The first-order chi connectivity index (χ1) is 10.9. The van der Waals surface area contributed by atoms with Gasteiger partial charge in [0, 0.05) is 35.8 Å². The van der Waals surface area contributed by atoms with E-state index in [1.54, 1.807) is 30.6 Å². The van der Waals surface area contributed by atoms with Crippen molar-refractivity contribution >= 4 is 20.8 Å². The van der Waals surface area contributed by atoms with E-state index >= 15 is 0 Å². The zero-order valence-electron chi connectivity index (χ0n) is 13.5. The Bertz CT molecular complexity index is 797. The summed E-state index contributed by atoms with van der Waals surface area (Å²) >= 11 is 0. The van der Waals surface area contributed by atoms with Crippen molar-refractivity contribution in [3.63, 3.8) is 0 Å². The zero-order valence-corrected chi connectivity index (χ0v) is 14.4. The number of nitrogens with zero attached hydrogens (tertiary/aromatic N) is 1. The maximum absolute atomic E-state index is 12.7. The molecule has 1 fully saturated rings. The number of pyridine rings is 1. The Morgan fingerprint density at radius 1 is 1.35 bits per heavy atom. The fourth-order valence-corrected chi connectivity index (χ4v) is 4.49. The third-order valence-corrected chi connectivity index (χ3v) is 6.22. The van der Waals surface area contributed by atoms with Crippen molar-refractivity contribution in [3.8, 4) is 0 Å². The van der Waals surface area contributed by atoms with E-state index in [0.29, 0.717) is 16.8 Å². The van der Waals surface area contributed by atoms with Crippen LogP contribution in [-0.4, -0.2) is 32.5 Å². The first-order valence-electron chi connectivity index (χ1n) is 7.96. The van der Waals surface area contributed by atoms with Gasteiger partial charge in [-0.25, -0.2) is 13.1 Å². The van der Waals surface area contributed by atoms with Crippen molar-refractivity contribution in [3.05, 3.63) is 36.7 Å². The number of nitrogens with one attached hydrogen (secondary N) is 2. The van der Waals surface area contributed by atoms with Crippen molar-refractivity contribution in [2.45, 2.75) is 37.6 Å². The van der Waals surface area contributed by atoms with Gasteiger partial charge in [0.25, 0.3) is 0 Å². The molecule has 0 bridgehead atoms. The third-order valence-electron chi connectivity index (χ3n) is 4.74. The second-order valence-electron chi connectivity index (χ2n) is 6.80. The van der Waals surface area contributed by atoms with Gasteiger partial charge in [0.1, 0.15) is 0 Å². The van der Waals surface area contributed by atoms with Crippen molar-refractivity contribution in [2.75, 3.05) is 13.1 Å². The molecule has 1 aliphatic heterocycles. The van der Waals surface area contributed by atoms with E-state index in [1.807, 2.05) is 6.07 Å². The molecule has 1 aromatic carbocycles. The highest BCUT2D eigenvalue weighted by Gasteiger charge is 2.32. The predicted octanol–water partition coefficient (Wildman–Crippen LogP) is 2.29. The predicted molar refractivity (Wildman–Crippen MR) is 91.7 cm³/mol. The standard InChI is InChI=1S/C17H23N3O2S/c1-17(2)8-4-9-19-16(17)12-20-23(21,22)15-6-3-5-13-11-18-10-7-14(13)15/h3,5-7,10-11,16,19-20H,4,8-9,12H2,1-2H3. The second-order valence-corrected chi connectivity index (χ2v) is 8.54. The molecule has 1 saturated heterocycles. The molecule has 0 radical (unpaired) electrons. The SMILES string of the molecule is CC1(C)CCCNC1CNS(=O)(=O)c1cccc2cnccc12. The van der Waals surface area contributed by atoms with E-state index in [9.17, 15) is 8.42 Å². The van der Waals surface area contributed by atoms with Crippen LogP contribution in [0.15, 0.2) is 41.6 Å². The molecule has 5 nitrogen and oxygen atoms in total. The summed E-state index contributed by atoms with van der Waals surface area (Å²) in [7, 11) is -3.55. The summed E-state index contributed by atoms with van der Waals surface area (Å²) in [6.45, 7) is 5.70. The summed E-state index contributed by atoms with van der Waals surface area (Å²) in [5.74, 6) is 0. The Kier molecular flexibility index (Phi) is 4.40. The van der Waals surface area contributed by atoms with Crippen LogP contribution in [0.1, 0.15) is 26.7 Å². The van der Waals surface area contributed by atoms with Crippen LogP contribution in [0.3, 0.4) is 0 Å². The smallest absolute Gasteiger partial charge is 0.241 e. The minimum atomic E-state index is -3.55. The minimum Gasteiger partial charge on any atom is -0.312 e. The monoisotopic (exact) mass is 333 g/mol. The fraction of sp³-hybridized carbons (Fsp3) is 0.471. The number of aromatic nitrogens is 1. The van der Waals surface area contributed by atoms with Crippen LogP contribution in [-0.2, 0) is 10.0 Å². The van der Waals surface area contributed by atoms with Crippen LogP contribution in [0.5, 0.6) is 0 Å². The molecule has 3 rings (SSSR count). The largest absolute Gasteiger partial charge is 0.312 e. The van der Waals surface area contributed by atoms with Crippen LogP contribution < -0.4 is 10.0 Å². The van der Waals surface area contributed by atoms with Crippen molar-refractivity contribution < 1.29 is 8.42 Å². The zero-order chi connectivity index (χ0) is 16.5. The highest BCUT2D eigenvalue weighted by molar-refractivity contribution is 7.89. The van der Waals surface area contributed by atoms with Gasteiger partial charge in [-0.05, 0) is 36.9 Å². The van der Waals surface area contributed by atoms with Gasteiger partial charge < -0.3 is 5.32 Å². The lowest BCUT2D eigenvalue weighted by Gasteiger charge is -2.39. The van der Waals surface area contributed by atoms with Gasteiger partial charge in [-0.15, -0.1) is 0 Å². The molecule has 0 spiro atoms. The van der Waals surface area contributed by atoms with Crippen LogP contribution in [0, 0.1) is 5.41 Å². The lowest BCUT2D eigenvalue weighted by atomic mass is 9.78. The maximum Gasteiger partial charge on any atom is 0.241 e. The van der Waals surface area contributed by atoms with E-state index < -0.39 is 10.0 Å². The summed E-state index contributed by atoms with van der Waals surface area (Å²) in [5, 5.41) is 4.96. The summed E-state index contributed by atoms with van der Waals surface area (Å²) in [6, 6.07) is 7.15. The maximum atomic E-state index is 12.7. The normalized spacial score (nSPS) is 21.4. The number of hydrogen-bond acceptors (Lipinski definition) is 4. The summed E-state index contributed by atoms with van der Waals surface area (Å²) in [6.07, 6.45) is 5.53. The number of benzene rings is 1. The van der Waals surface area contributed by atoms with E-state index in [-0.39, 0.29) is 11.5 Å². The van der Waals surface area contributed by atoms with E-state index in [0.717, 1.165) is 24.8 Å². The molecule has 2 heterocycles. The Hall–Kier alpha value is -1.50. The van der Waals surface area contributed by atoms with E-state index in [2.05, 4.69) is 28.9 Å². The molecular weight excluding hydrogens is 310 g/mol. The molecule has 0 saturated carbocycles. The molecule has 1 aliphatic rings. The molecule has 6 heteroatoms. The van der Waals surface area contributed by atoms with E-state index in [4.69, 9.17) is 0 Å². The molecule has 1 atom stereocenters. The van der Waals surface area contributed by atoms with Crippen LogP contribution in [0.2, 0.25) is 0 Å². The first-order valence-corrected chi connectivity index (χ1v) is 9.44. The van der Waals surface area contributed by atoms with Crippen LogP contribution in [0.4, 0.5) is 0 Å². The Morgan fingerprint density at radius 3 is 2.96 bits per heavy atom. The van der Waals surface area contributed by atoms with Gasteiger partial charge in [-0.3, -0.25) is 4.98 Å². The lowest BCUT2D eigenvalue weighted by molar-refractivity contribution is 0.182. The topological polar surface area (TPSA) is 71.1 Å². The fourth-order valence-electron chi connectivity index (χ4n) is 3.22. The third kappa shape index (κ3) is 3.39. The number of rotatable bonds is 4. The summed E-state index contributed by atoms with van der Waals surface area (Å²) in [4.78, 5) is 4.36. The van der Waals surface area contributed by atoms with Crippen LogP contribution in [0.25, 0.3) is 10.8 Å². The Balaban J connectivity index is 1.84. The highest BCUT2D eigenvalue weighted by Crippen LogP contribution is 2.30. The highest BCUT2D eigenvalue weighted by atomic mass is 32.2. The van der Waals surface area contributed by atoms with Crippen molar-refractivity contribution in [2.24, 2.45) is 5.41 Å². The number of sulfonamides is 1. The average molecular weight is 333 g/mol. The van der Waals surface area contributed by atoms with Gasteiger partial charge >= 0.3 is 0 Å². The number of hydrogen-bond donors (Lipinski definition) is 2. The average Bonchev–Trinajstić information content (AvgIpc) is 2.53. The van der Waals surface area contributed by atoms with Crippen LogP contribution >= 0.6 is 0 Å². The minimum absolute atomic E-state index is 0.0868.